The third kappa shape index (κ3) is 3.46. The van der Waals surface area contributed by atoms with Gasteiger partial charge in [0, 0.05) is 38.9 Å². The maximum absolute atomic E-state index is 13.3. The molecule has 0 radical (unpaired) electrons. The summed E-state index contributed by atoms with van der Waals surface area (Å²) in [5.74, 6) is 0.991. The summed E-state index contributed by atoms with van der Waals surface area (Å²) >= 11 is 0. The van der Waals surface area contributed by atoms with Crippen LogP contribution < -0.4 is 5.32 Å². The Morgan fingerprint density at radius 3 is 2.48 bits per heavy atom. The summed E-state index contributed by atoms with van der Waals surface area (Å²) in [7, 11) is 3.69. The van der Waals surface area contributed by atoms with Crippen molar-refractivity contribution < 1.29 is 9.59 Å². The van der Waals surface area contributed by atoms with E-state index in [4.69, 9.17) is 0 Å². The number of nitrogens with zero attached hydrogens (tertiary/aromatic N) is 5. The van der Waals surface area contributed by atoms with Gasteiger partial charge in [0.1, 0.15) is 11.4 Å². The fourth-order valence-corrected chi connectivity index (χ4v) is 3.74. The largest absolute Gasteiger partial charge is 0.349 e. The van der Waals surface area contributed by atoms with Crippen molar-refractivity contribution >= 4 is 17.8 Å². The molecule has 1 N–H and O–H groups in total. The van der Waals surface area contributed by atoms with E-state index in [0.717, 1.165) is 5.56 Å². The fourth-order valence-electron chi connectivity index (χ4n) is 3.74. The molecule has 4 rings (SSSR count). The van der Waals surface area contributed by atoms with Crippen LogP contribution in [-0.4, -0.2) is 70.3 Å². The van der Waals surface area contributed by atoms with Gasteiger partial charge in [-0.3, -0.25) is 14.9 Å². The fraction of sp³-hybridized carbons (Fsp3) is 0.381. The number of nitrogens with one attached hydrogen (secondary N) is 1. The van der Waals surface area contributed by atoms with Crippen LogP contribution in [-0.2, 0) is 4.79 Å². The number of aryl methyl sites for hydroxylation is 1. The Balaban J connectivity index is 1.57. The summed E-state index contributed by atoms with van der Waals surface area (Å²) in [5, 5.41) is 2.84. The number of benzene rings is 1. The number of aromatic nitrogens is 2. The summed E-state index contributed by atoms with van der Waals surface area (Å²) in [5.41, 5.74) is 1.22. The Labute approximate surface area is 169 Å². The zero-order valence-corrected chi connectivity index (χ0v) is 16.8. The molecule has 2 amide bonds. The molecule has 29 heavy (non-hydrogen) atoms. The van der Waals surface area contributed by atoms with Crippen LogP contribution in [0, 0.1) is 6.92 Å². The van der Waals surface area contributed by atoms with Crippen molar-refractivity contribution in [3.8, 4) is 11.3 Å². The van der Waals surface area contributed by atoms with Crippen LogP contribution >= 0.6 is 0 Å². The number of aliphatic imine (C=N–C) groups is 1. The Morgan fingerprint density at radius 1 is 1.17 bits per heavy atom. The van der Waals surface area contributed by atoms with Gasteiger partial charge in [-0.25, -0.2) is 15.0 Å². The molecule has 0 saturated carbocycles. The van der Waals surface area contributed by atoms with E-state index in [-0.39, 0.29) is 11.8 Å². The standard InChI is InChI=1S/C21H24N6O2/c1-14-22-13-16(17(23-14)15-7-5-4-6-8-15)18(28)27-11-9-21(10-12-27)19(29)24-20(25-21)26(2)3/h4-8,13H,9-12H2,1-3H3,(H,24,25,29). The van der Waals surface area contributed by atoms with Crippen LogP contribution in [0.2, 0.25) is 0 Å². The molecule has 0 aliphatic carbocycles. The van der Waals surface area contributed by atoms with Gasteiger partial charge in [-0.1, -0.05) is 30.3 Å². The highest BCUT2D eigenvalue weighted by molar-refractivity contribution is 6.07. The minimum atomic E-state index is -0.775. The van der Waals surface area contributed by atoms with E-state index in [1.54, 1.807) is 16.0 Å². The third-order valence-corrected chi connectivity index (χ3v) is 5.46. The molecule has 1 aromatic heterocycles. The van der Waals surface area contributed by atoms with Crippen LogP contribution in [0.3, 0.4) is 0 Å². The number of likely N-dealkylation sites (tertiary alicyclic amines) is 1. The molecule has 8 nitrogen and oxygen atoms in total. The molecule has 2 aliphatic rings. The average molecular weight is 392 g/mol. The van der Waals surface area contributed by atoms with Crippen molar-refractivity contribution in [2.24, 2.45) is 4.99 Å². The van der Waals surface area contributed by atoms with Crippen LogP contribution in [0.1, 0.15) is 29.0 Å². The average Bonchev–Trinajstić information content (AvgIpc) is 3.05. The molecular weight excluding hydrogens is 368 g/mol. The van der Waals surface area contributed by atoms with Gasteiger partial charge in [0.2, 0.25) is 5.96 Å². The molecule has 1 aromatic carbocycles. The molecule has 1 spiro atoms. The van der Waals surface area contributed by atoms with E-state index >= 15 is 0 Å². The highest BCUT2D eigenvalue weighted by Gasteiger charge is 2.47. The Morgan fingerprint density at radius 2 is 1.86 bits per heavy atom. The van der Waals surface area contributed by atoms with Crippen molar-refractivity contribution in [2.45, 2.75) is 25.3 Å². The molecule has 0 atom stereocenters. The monoisotopic (exact) mass is 392 g/mol. The van der Waals surface area contributed by atoms with Gasteiger partial charge in [0.25, 0.3) is 11.8 Å². The topological polar surface area (TPSA) is 90.8 Å². The molecule has 3 heterocycles. The van der Waals surface area contributed by atoms with Crippen LogP contribution in [0.15, 0.2) is 41.5 Å². The van der Waals surface area contributed by atoms with Gasteiger partial charge >= 0.3 is 0 Å². The van der Waals surface area contributed by atoms with Crippen molar-refractivity contribution in [3.05, 3.63) is 47.9 Å². The minimum Gasteiger partial charge on any atom is -0.349 e. The highest BCUT2D eigenvalue weighted by Crippen LogP contribution is 2.31. The number of rotatable bonds is 2. The molecule has 8 heteroatoms. The molecule has 150 valence electrons. The molecule has 2 aliphatic heterocycles. The number of amides is 2. The summed E-state index contributed by atoms with van der Waals surface area (Å²) in [6, 6.07) is 9.64. The summed E-state index contributed by atoms with van der Waals surface area (Å²) in [6.45, 7) is 2.72. The Kier molecular flexibility index (Phi) is 4.77. The van der Waals surface area contributed by atoms with Gasteiger partial charge in [-0.2, -0.15) is 0 Å². The second kappa shape index (κ2) is 7.27. The van der Waals surface area contributed by atoms with Crippen LogP contribution in [0.25, 0.3) is 11.3 Å². The van der Waals surface area contributed by atoms with Gasteiger partial charge in [0.05, 0.1) is 11.3 Å². The lowest BCUT2D eigenvalue weighted by molar-refractivity contribution is -0.125. The molecule has 0 unspecified atom stereocenters. The predicted octanol–water partition coefficient (Wildman–Crippen LogP) is 1.47. The van der Waals surface area contributed by atoms with Gasteiger partial charge in [-0.15, -0.1) is 0 Å². The number of carbonyl (C=O) groups is 2. The quantitative estimate of drug-likeness (QED) is 0.836. The number of hydrogen-bond acceptors (Lipinski definition) is 6. The normalized spacial score (nSPS) is 17.8. The van der Waals surface area contributed by atoms with E-state index < -0.39 is 5.54 Å². The van der Waals surface area contributed by atoms with Crippen molar-refractivity contribution in [3.63, 3.8) is 0 Å². The van der Waals surface area contributed by atoms with E-state index in [9.17, 15) is 9.59 Å². The number of carbonyl (C=O) groups excluding carboxylic acids is 2. The first kappa shape index (κ1) is 19.0. The second-order valence-electron chi connectivity index (χ2n) is 7.65. The first-order chi connectivity index (χ1) is 13.9. The maximum Gasteiger partial charge on any atom is 0.257 e. The minimum absolute atomic E-state index is 0.0862. The molecule has 2 aromatic rings. The van der Waals surface area contributed by atoms with Gasteiger partial charge < -0.3 is 9.80 Å². The summed E-state index contributed by atoms with van der Waals surface area (Å²) in [6.07, 6.45) is 2.59. The van der Waals surface area contributed by atoms with E-state index in [2.05, 4.69) is 20.3 Å². The van der Waals surface area contributed by atoms with E-state index in [1.807, 2.05) is 51.4 Å². The zero-order valence-electron chi connectivity index (χ0n) is 16.8. The lowest BCUT2D eigenvalue weighted by Crippen LogP contribution is -2.50. The Hall–Kier alpha value is -3.29. The Bertz CT molecular complexity index is 978. The van der Waals surface area contributed by atoms with E-state index in [0.29, 0.717) is 49.0 Å². The highest BCUT2D eigenvalue weighted by atomic mass is 16.2. The second-order valence-corrected chi connectivity index (χ2v) is 7.65. The first-order valence-corrected chi connectivity index (χ1v) is 9.67. The first-order valence-electron chi connectivity index (χ1n) is 9.67. The lowest BCUT2D eigenvalue weighted by Gasteiger charge is -2.35. The van der Waals surface area contributed by atoms with E-state index in [1.165, 1.54) is 0 Å². The van der Waals surface area contributed by atoms with Gasteiger partial charge in [-0.05, 0) is 19.8 Å². The number of guanidine groups is 1. The van der Waals surface area contributed by atoms with Gasteiger partial charge in [0.15, 0.2) is 0 Å². The summed E-state index contributed by atoms with van der Waals surface area (Å²) in [4.78, 5) is 42.7. The third-order valence-electron chi connectivity index (χ3n) is 5.46. The molecule has 1 saturated heterocycles. The zero-order chi connectivity index (χ0) is 20.6. The molecular formula is C21H24N6O2. The molecule has 1 fully saturated rings. The smallest absolute Gasteiger partial charge is 0.257 e. The van der Waals surface area contributed by atoms with Crippen LogP contribution in [0.4, 0.5) is 0 Å². The number of piperidine rings is 1. The van der Waals surface area contributed by atoms with Crippen molar-refractivity contribution in [1.29, 1.82) is 0 Å². The number of hydrogen-bond donors (Lipinski definition) is 1. The summed E-state index contributed by atoms with van der Waals surface area (Å²) < 4.78 is 0. The predicted molar refractivity (Wildman–Crippen MR) is 109 cm³/mol. The van der Waals surface area contributed by atoms with Crippen molar-refractivity contribution in [2.75, 3.05) is 27.2 Å². The SMILES string of the molecule is Cc1ncc(C(=O)N2CCC3(CC2)N=C(N(C)C)NC3=O)c(-c2ccccc2)n1. The van der Waals surface area contributed by atoms with Crippen LogP contribution in [0.5, 0.6) is 0 Å². The maximum atomic E-state index is 13.3. The molecule has 0 bridgehead atoms. The van der Waals surface area contributed by atoms with Crippen molar-refractivity contribution in [1.82, 2.24) is 25.1 Å². The lowest BCUT2D eigenvalue weighted by atomic mass is 9.87.